The molecule has 0 aliphatic carbocycles. The number of para-hydroxylation sites is 2. The van der Waals surface area contributed by atoms with Crippen LogP contribution in [0.3, 0.4) is 0 Å². The minimum atomic E-state index is -0.262. The Morgan fingerprint density at radius 3 is 2.43 bits per heavy atom. The second kappa shape index (κ2) is 7.15. The summed E-state index contributed by atoms with van der Waals surface area (Å²) in [5.41, 5.74) is 3.74. The number of carbonyl (C=O) groups excluding carboxylic acids is 2. The van der Waals surface area contributed by atoms with Gasteiger partial charge in [0.05, 0.1) is 12.7 Å². The van der Waals surface area contributed by atoms with Crippen molar-refractivity contribution in [3.63, 3.8) is 0 Å². The standard InChI is InChI=1S/C23H24N2O3/c1-15(2)25-22(26)20(17-11-5-7-13-19(17)28-3)21(23(25)27)24-14-8-10-16-9-4-6-12-18(16)24/h4-7,9,11-13,15H,8,10,14H2,1-3H3. The number of rotatable bonds is 4. The van der Waals surface area contributed by atoms with Crippen molar-refractivity contribution >= 4 is 23.1 Å². The predicted molar refractivity (Wildman–Crippen MR) is 109 cm³/mol. The summed E-state index contributed by atoms with van der Waals surface area (Å²) in [6.45, 7) is 4.43. The highest BCUT2D eigenvalue weighted by atomic mass is 16.5. The van der Waals surface area contributed by atoms with Gasteiger partial charge in [0.25, 0.3) is 11.8 Å². The lowest BCUT2D eigenvalue weighted by Gasteiger charge is -2.32. The Kier molecular flexibility index (Phi) is 4.67. The van der Waals surface area contributed by atoms with Crippen LogP contribution < -0.4 is 9.64 Å². The molecule has 0 spiro atoms. The molecule has 28 heavy (non-hydrogen) atoms. The number of amides is 2. The van der Waals surface area contributed by atoms with Crippen LogP contribution in [0.25, 0.3) is 5.57 Å². The molecule has 2 aliphatic heterocycles. The van der Waals surface area contributed by atoms with Gasteiger partial charge in [0.15, 0.2) is 0 Å². The summed E-state index contributed by atoms with van der Waals surface area (Å²) in [6.07, 6.45) is 1.91. The van der Waals surface area contributed by atoms with Crippen molar-refractivity contribution < 1.29 is 14.3 Å². The van der Waals surface area contributed by atoms with E-state index in [2.05, 4.69) is 6.07 Å². The van der Waals surface area contributed by atoms with E-state index in [1.807, 2.05) is 61.2 Å². The van der Waals surface area contributed by atoms with Crippen LogP contribution in [0.1, 0.15) is 31.4 Å². The largest absolute Gasteiger partial charge is 0.496 e. The first-order chi connectivity index (χ1) is 13.5. The van der Waals surface area contributed by atoms with Crippen molar-refractivity contribution in [2.45, 2.75) is 32.7 Å². The zero-order valence-electron chi connectivity index (χ0n) is 16.4. The average molecular weight is 376 g/mol. The number of methoxy groups -OCH3 is 1. The summed E-state index contributed by atoms with van der Waals surface area (Å²) in [5, 5.41) is 0. The molecule has 2 aromatic carbocycles. The van der Waals surface area contributed by atoms with Crippen molar-refractivity contribution in [1.29, 1.82) is 0 Å². The van der Waals surface area contributed by atoms with Crippen LogP contribution in [-0.4, -0.2) is 36.4 Å². The number of benzene rings is 2. The van der Waals surface area contributed by atoms with E-state index < -0.39 is 0 Å². The Hall–Kier alpha value is -3.08. The highest BCUT2D eigenvalue weighted by Gasteiger charge is 2.44. The SMILES string of the molecule is COc1ccccc1C1=C(N2CCCc3ccccc32)C(=O)N(C(C)C)C1=O. The fourth-order valence-electron chi connectivity index (χ4n) is 4.11. The minimum Gasteiger partial charge on any atom is -0.496 e. The quantitative estimate of drug-likeness (QED) is 0.765. The third-order valence-corrected chi connectivity index (χ3v) is 5.36. The summed E-state index contributed by atoms with van der Waals surface area (Å²) in [5.74, 6) is 0.0900. The molecule has 0 aromatic heterocycles. The molecule has 0 atom stereocenters. The highest BCUT2D eigenvalue weighted by Crippen LogP contribution is 2.40. The number of carbonyl (C=O) groups is 2. The van der Waals surface area contributed by atoms with Gasteiger partial charge in [-0.3, -0.25) is 14.5 Å². The Morgan fingerprint density at radius 2 is 1.68 bits per heavy atom. The lowest BCUT2D eigenvalue weighted by Crippen LogP contribution is -2.40. The summed E-state index contributed by atoms with van der Waals surface area (Å²) < 4.78 is 5.51. The van der Waals surface area contributed by atoms with Crippen LogP contribution in [0.4, 0.5) is 5.69 Å². The smallest absolute Gasteiger partial charge is 0.278 e. The molecule has 0 fully saturated rings. The second-order valence-corrected chi connectivity index (χ2v) is 7.38. The van der Waals surface area contributed by atoms with E-state index in [9.17, 15) is 9.59 Å². The molecule has 0 unspecified atom stereocenters. The Labute approximate surface area is 165 Å². The summed E-state index contributed by atoms with van der Waals surface area (Å²) in [6, 6.07) is 15.3. The van der Waals surface area contributed by atoms with Crippen LogP contribution in [0.2, 0.25) is 0 Å². The molecule has 144 valence electrons. The first kappa shape index (κ1) is 18.3. The van der Waals surface area contributed by atoms with E-state index in [1.165, 1.54) is 10.5 Å². The topological polar surface area (TPSA) is 49.9 Å². The number of fused-ring (bicyclic) bond motifs is 1. The molecule has 0 N–H and O–H groups in total. The minimum absolute atomic E-state index is 0.220. The Bertz CT molecular complexity index is 977. The first-order valence-corrected chi connectivity index (χ1v) is 9.65. The van der Waals surface area contributed by atoms with Crippen LogP contribution in [0, 0.1) is 0 Å². The van der Waals surface area contributed by atoms with Crippen LogP contribution in [0.15, 0.2) is 54.2 Å². The Balaban J connectivity index is 1.96. The molecule has 4 rings (SSSR count). The lowest BCUT2D eigenvalue weighted by atomic mass is 9.98. The van der Waals surface area contributed by atoms with E-state index in [0.717, 1.165) is 18.5 Å². The van der Waals surface area contributed by atoms with Crippen molar-refractivity contribution in [3.8, 4) is 5.75 Å². The number of hydrogen-bond acceptors (Lipinski definition) is 4. The van der Waals surface area contributed by atoms with Crippen molar-refractivity contribution in [3.05, 3.63) is 65.4 Å². The molecule has 2 amide bonds. The normalized spacial score (nSPS) is 16.9. The van der Waals surface area contributed by atoms with Gasteiger partial charge in [-0.15, -0.1) is 0 Å². The van der Waals surface area contributed by atoms with Gasteiger partial charge in [0.2, 0.25) is 0 Å². The van der Waals surface area contributed by atoms with Gasteiger partial charge in [-0.1, -0.05) is 36.4 Å². The van der Waals surface area contributed by atoms with Gasteiger partial charge in [-0.2, -0.15) is 0 Å². The maximum absolute atomic E-state index is 13.4. The molecule has 5 nitrogen and oxygen atoms in total. The van der Waals surface area contributed by atoms with Gasteiger partial charge in [0.1, 0.15) is 11.4 Å². The van der Waals surface area contributed by atoms with Gasteiger partial charge in [-0.25, -0.2) is 0 Å². The van der Waals surface area contributed by atoms with Gasteiger partial charge >= 0.3 is 0 Å². The fraction of sp³-hybridized carbons (Fsp3) is 0.304. The molecule has 0 radical (unpaired) electrons. The number of hydrogen-bond donors (Lipinski definition) is 0. The molecule has 0 bridgehead atoms. The molecule has 2 heterocycles. The zero-order valence-corrected chi connectivity index (χ0v) is 16.4. The lowest BCUT2D eigenvalue weighted by molar-refractivity contribution is -0.138. The van der Waals surface area contributed by atoms with E-state index in [0.29, 0.717) is 29.1 Å². The van der Waals surface area contributed by atoms with E-state index in [4.69, 9.17) is 4.74 Å². The maximum Gasteiger partial charge on any atom is 0.278 e. The molecule has 5 heteroatoms. The summed E-state index contributed by atoms with van der Waals surface area (Å²) in [7, 11) is 1.58. The molecule has 2 aliphatic rings. The van der Waals surface area contributed by atoms with Gasteiger partial charge in [0, 0.05) is 23.8 Å². The number of aryl methyl sites for hydroxylation is 1. The number of imide groups is 1. The van der Waals surface area contributed by atoms with Crippen LogP contribution in [-0.2, 0) is 16.0 Å². The molecule has 0 saturated carbocycles. The van der Waals surface area contributed by atoms with Crippen molar-refractivity contribution in [2.75, 3.05) is 18.6 Å². The van der Waals surface area contributed by atoms with Gasteiger partial charge < -0.3 is 9.64 Å². The third kappa shape index (κ3) is 2.78. The zero-order chi connectivity index (χ0) is 19.8. The molecule has 0 saturated heterocycles. The van der Waals surface area contributed by atoms with Crippen molar-refractivity contribution in [2.24, 2.45) is 0 Å². The van der Waals surface area contributed by atoms with Crippen molar-refractivity contribution in [1.82, 2.24) is 4.90 Å². The van der Waals surface area contributed by atoms with Crippen LogP contribution >= 0.6 is 0 Å². The van der Waals surface area contributed by atoms with E-state index in [1.54, 1.807) is 7.11 Å². The number of anilines is 1. The number of ether oxygens (including phenoxy) is 1. The monoisotopic (exact) mass is 376 g/mol. The third-order valence-electron chi connectivity index (χ3n) is 5.36. The fourth-order valence-corrected chi connectivity index (χ4v) is 4.11. The number of nitrogens with zero attached hydrogens (tertiary/aromatic N) is 2. The second-order valence-electron chi connectivity index (χ2n) is 7.38. The Morgan fingerprint density at radius 1 is 0.964 bits per heavy atom. The molecular formula is C23H24N2O3. The van der Waals surface area contributed by atoms with Crippen LogP contribution in [0.5, 0.6) is 5.75 Å². The predicted octanol–water partition coefficient (Wildman–Crippen LogP) is 3.64. The first-order valence-electron chi connectivity index (χ1n) is 9.65. The molecule has 2 aromatic rings. The van der Waals surface area contributed by atoms with E-state index >= 15 is 0 Å². The summed E-state index contributed by atoms with van der Waals surface area (Å²) in [4.78, 5) is 30.1. The van der Waals surface area contributed by atoms with Gasteiger partial charge in [-0.05, 0) is 44.4 Å². The summed E-state index contributed by atoms with van der Waals surface area (Å²) >= 11 is 0. The highest BCUT2D eigenvalue weighted by molar-refractivity contribution is 6.37. The average Bonchev–Trinajstić information content (AvgIpc) is 2.97. The maximum atomic E-state index is 13.4. The van der Waals surface area contributed by atoms with E-state index in [-0.39, 0.29) is 17.9 Å². The molecular weight excluding hydrogens is 352 g/mol.